The molecule has 3 aromatic rings. The predicted molar refractivity (Wildman–Crippen MR) is 173 cm³/mol. The Hall–Kier alpha value is -4.10. The summed E-state index contributed by atoms with van der Waals surface area (Å²) >= 11 is 0. The summed E-state index contributed by atoms with van der Waals surface area (Å²) in [5, 5.41) is 4.28. The van der Waals surface area contributed by atoms with E-state index in [2.05, 4.69) is 15.0 Å². The predicted octanol–water partition coefficient (Wildman–Crippen LogP) is 3.21. The Labute approximate surface area is 272 Å². The molecule has 0 radical (unpaired) electrons. The molecule has 3 amide bonds. The molecule has 1 saturated heterocycles. The number of hydrogen-bond acceptors (Lipinski definition) is 8. The summed E-state index contributed by atoms with van der Waals surface area (Å²) in [6.45, 7) is 0.0223. The Bertz CT molecular complexity index is 1900. The quantitative estimate of drug-likeness (QED) is 0.277. The highest BCUT2D eigenvalue weighted by atomic mass is 32.2. The number of hydrogen-bond donors (Lipinski definition) is 3. The van der Waals surface area contributed by atoms with Gasteiger partial charge in [0.15, 0.2) is 0 Å². The van der Waals surface area contributed by atoms with Crippen LogP contribution in [0.15, 0.2) is 54.6 Å². The number of allylic oxidation sites excluding steroid dienone is 1. The SMILES string of the molecule is N[C@H]1CCCCCC=C[C@@H]2C[C@@]2(C(=O)NS(=O)(=O)C2CC2)NC(=O)[C@@H]2C[C@@H](Oc3nc4ccccc4c4ccc(F)cc34)CN2C1=O. The fraction of sp³-hybridized carbons (Fsp3) is 0.471. The van der Waals surface area contributed by atoms with Crippen LogP contribution in [-0.2, 0) is 24.4 Å². The van der Waals surface area contributed by atoms with Crippen LogP contribution in [0.3, 0.4) is 0 Å². The van der Waals surface area contributed by atoms with Gasteiger partial charge in [-0.15, -0.1) is 0 Å². The minimum atomic E-state index is -3.85. The van der Waals surface area contributed by atoms with Crippen LogP contribution >= 0.6 is 0 Å². The van der Waals surface area contributed by atoms with Crippen LogP contribution in [0.1, 0.15) is 57.8 Å². The van der Waals surface area contributed by atoms with Crippen molar-refractivity contribution in [2.45, 2.75) is 86.8 Å². The van der Waals surface area contributed by atoms with Gasteiger partial charge in [-0.2, -0.15) is 0 Å². The Kier molecular flexibility index (Phi) is 8.15. The summed E-state index contributed by atoms with van der Waals surface area (Å²) in [5.41, 5.74) is 5.55. The molecule has 2 saturated carbocycles. The summed E-state index contributed by atoms with van der Waals surface area (Å²) in [6, 6.07) is 9.95. The van der Waals surface area contributed by atoms with Crippen LogP contribution in [0.4, 0.5) is 4.39 Å². The van der Waals surface area contributed by atoms with E-state index in [9.17, 15) is 27.2 Å². The molecule has 47 heavy (non-hydrogen) atoms. The number of pyridine rings is 1. The lowest BCUT2D eigenvalue weighted by Crippen LogP contribution is -2.57. The summed E-state index contributed by atoms with van der Waals surface area (Å²) < 4.78 is 48.4. The van der Waals surface area contributed by atoms with Gasteiger partial charge in [-0.05, 0) is 62.1 Å². The van der Waals surface area contributed by atoms with Gasteiger partial charge in [0.2, 0.25) is 27.7 Å². The number of ether oxygens (including phenoxy) is 1. The summed E-state index contributed by atoms with van der Waals surface area (Å²) in [5.74, 6) is -2.45. The van der Waals surface area contributed by atoms with Crippen molar-refractivity contribution in [3.63, 3.8) is 0 Å². The molecule has 2 aliphatic heterocycles. The summed E-state index contributed by atoms with van der Waals surface area (Å²) in [7, 11) is -3.85. The van der Waals surface area contributed by atoms with E-state index in [0.717, 1.165) is 36.5 Å². The number of halogens is 1. The molecule has 3 fully saturated rings. The maximum atomic E-state index is 14.4. The number of rotatable bonds is 5. The third kappa shape index (κ3) is 6.18. The number of sulfonamides is 1. The van der Waals surface area contributed by atoms with Crippen LogP contribution in [0.25, 0.3) is 21.7 Å². The van der Waals surface area contributed by atoms with Gasteiger partial charge >= 0.3 is 0 Å². The standard InChI is InChI=1S/C34H38FN5O6S/c35-21-12-15-24-25-9-6-7-11-28(25)37-31(26(24)16-21)46-22-17-29-30(41)38-34(33(43)39-47(44,45)23-13-14-23)18-20(34)8-4-2-1-3-5-10-27(36)32(42)40(29)19-22/h4,6-9,11-12,15-16,20,22-23,27,29H,1-3,5,10,13-14,17-19,36H2,(H,38,41)(H,39,43)/t20-,22-,27+,29+,34-/m1/s1. The van der Waals surface area contributed by atoms with Crippen molar-refractivity contribution in [1.29, 1.82) is 0 Å². The van der Waals surface area contributed by atoms with Gasteiger partial charge in [0.1, 0.15) is 23.5 Å². The van der Waals surface area contributed by atoms with Crippen LogP contribution in [0, 0.1) is 11.7 Å². The van der Waals surface area contributed by atoms with Crippen molar-refractivity contribution in [3.05, 3.63) is 60.4 Å². The molecular formula is C34H38FN5O6S. The van der Waals surface area contributed by atoms with E-state index in [4.69, 9.17) is 10.5 Å². The highest BCUT2D eigenvalue weighted by Crippen LogP contribution is 2.46. The topological polar surface area (TPSA) is 161 Å². The van der Waals surface area contributed by atoms with Crippen molar-refractivity contribution in [3.8, 4) is 5.88 Å². The molecule has 2 aromatic carbocycles. The summed E-state index contributed by atoms with van der Waals surface area (Å²) in [4.78, 5) is 47.4. The maximum absolute atomic E-state index is 14.4. The Morgan fingerprint density at radius 3 is 2.68 bits per heavy atom. The fourth-order valence-electron chi connectivity index (χ4n) is 6.89. The second-order valence-electron chi connectivity index (χ2n) is 13.2. The highest BCUT2D eigenvalue weighted by molar-refractivity contribution is 7.91. The first kappa shape index (κ1) is 31.5. The van der Waals surface area contributed by atoms with Crippen LogP contribution in [0.2, 0.25) is 0 Å². The largest absolute Gasteiger partial charge is 0.472 e. The number of para-hydroxylation sites is 1. The second kappa shape index (κ2) is 12.2. The minimum absolute atomic E-state index is 0.0223. The van der Waals surface area contributed by atoms with E-state index >= 15 is 0 Å². The van der Waals surface area contributed by atoms with Crippen molar-refractivity contribution < 1.29 is 31.9 Å². The molecular weight excluding hydrogens is 625 g/mol. The van der Waals surface area contributed by atoms with Gasteiger partial charge in [0, 0.05) is 23.1 Å². The zero-order chi connectivity index (χ0) is 32.9. The minimum Gasteiger partial charge on any atom is -0.472 e. The van der Waals surface area contributed by atoms with E-state index in [1.807, 2.05) is 36.4 Å². The molecule has 11 nitrogen and oxygen atoms in total. The number of benzene rings is 2. The van der Waals surface area contributed by atoms with Crippen LogP contribution in [0.5, 0.6) is 5.88 Å². The molecule has 4 N–H and O–H groups in total. The lowest BCUT2D eigenvalue weighted by molar-refractivity contribution is -0.140. The third-order valence-electron chi connectivity index (χ3n) is 9.79. The first-order valence-corrected chi connectivity index (χ1v) is 17.9. The average molecular weight is 664 g/mol. The van der Waals surface area contributed by atoms with E-state index < -0.39 is 68.5 Å². The van der Waals surface area contributed by atoms with Gasteiger partial charge < -0.3 is 20.7 Å². The van der Waals surface area contributed by atoms with Gasteiger partial charge in [-0.25, -0.2) is 17.8 Å². The monoisotopic (exact) mass is 663 g/mol. The molecule has 0 unspecified atom stereocenters. The van der Waals surface area contributed by atoms with Gasteiger partial charge in [-0.1, -0.05) is 49.3 Å². The molecule has 1 aromatic heterocycles. The number of aromatic nitrogens is 1. The molecule has 5 atom stereocenters. The van der Waals surface area contributed by atoms with E-state index in [0.29, 0.717) is 30.2 Å². The second-order valence-corrected chi connectivity index (χ2v) is 15.2. The fourth-order valence-corrected chi connectivity index (χ4v) is 8.25. The number of carbonyl (C=O) groups is 3. The van der Waals surface area contributed by atoms with Crippen molar-refractivity contribution in [2.75, 3.05) is 6.54 Å². The molecule has 3 heterocycles. The number of amides is 3. The smallest absolute Gasteiger partial charge is 0.259 e. The number of nitrogens with one attached hydrogen (secondary N) is 2. The lowest BCUT2D eigenvalue weighted by Gasteiger charge is -2.28. The molecule has 0 spiro atoms. The molecule has 13 heteroatoms. The Balaban J connectivity index is 1.19. The van der Waals surface area contributed by atoms with Gasteiger partial charge in [0.25, 0.3) is 5.91 Å². The normalized spacial score (nSPS) is 28.6. The van der Waals surface area contributed by atoms with Crippen LogP contribution in [-0.4, -0.2) is 71.5 Å². The molecule has 4 aliphatic rings. The molecule has 2 aliphatic carbocycles. The maximum Gasteiger partial charge on any atom is 0.259 e. The number of carbonyl (C=O) groups excluding carboxylic acids is 3. The third-order valence-corrected chi connectivity index (χ3v) is 11.6. The summed E-state index contributed by atoms with van der Waals surface area (Å²) in [6.07, 6.45) is 8.05. The molecule has 248 valence electrons. The van der Waals surface area contributed by atoms with Gasteiger partial charge in [-0.3, -0.25) is 19.1 Å². The molecule has 0 bridgehead atoms. The average Bonchev–Trinajstić information content (AvgIpc) is 3.97. The number of fused-ring (bicyclic) bond motifs is 5. The highest BCUT2D eigenvalue weighted by Gasteiger charge is 2.62. The van der Waals surface area contributed by atoms with Crippen molar-refractivity contribution in [1.82, 2.24) is 19.9 Å². The van der Waals surface area contributed by atoms with Crippen molar-refractivity contribution >= 4 is 49.4 Å². The lowest BCUT2D eigenvalue weighted by atomic mass is 10.1. The first-order chi connectivity index (χ1) is 22.6. The number of nitrogens with zero attached hydrogens (tertiary/aromatic N) is 2. The zero-order valence-corrected chi connectivity index (χ0v) is 26.7. The van der Waals surface area contributed by atoms with E-state index in [1.165, 1.54) is 17.0 Å². The van der Waals surface area contributed by atoms with Crippen LogP contribution < -0.4 is 20.5 Å². The zero-order valence-electron chi connectivity index (χ0n) is 25.9. The van der Waals surface area contributed by atoms with Gasteiger partial charge in [0.05, 0.1) is 23.4 Å². The van der Waals surface area contributed by atoms with E-state index in [-0.39, 0.29) is 25.3 Å². The first-order valence-electron chi connectivity index (χ1n) is 16.3. The number of nitrogens with two attached hydrogens (primary N) is 1. The Morgan fingerprint density at radius 1 is 1.06 bits per heavy atom. The van der Waals surface area contributed by atoms with E-state index in [1.54, 1.807) is 6.07 Å². The molecule has 7 rings (SSSR count). The van der Waals surface area contributed by atoms with Crippen molar-refractivity contribution in [2.24, 2.45) is 11.7 Å². The Morgan fingerprint density at radius 2 is 1.87 bits per heavy atom.